The van der Waals surface area contributed by atoms with Crippen LogP contribution in [0.5, 0.6) is 0 Å². The molecular weight excluding hydrogens is 192 g/mol. The molecule has 5 heteroatoms. The van der Waals surface area contributed by atoms with Crippen molar-refractivity contribution in [1.82, 2.24) is 4.98 Å². The Balaban J connectivity index is 2.44. The van der Waals surface area contributed by atoms with Crippen LogP contribution >= 0.6 is 24.4 Å². The highest BCUT2D eigenvalue weighted by molar-refractivity contribution is 8.00. The summed E-state index contributed by atoms with van der Waals surface area (Å²) in [5.74, 6) is 0.472. The van der Waals surface area contributed by atoms with E-state index in [4.69, 9.17) is 0 Å². The molecule has 3 nitrogen and oxygen atoms in total. The standard InChI is InChI=1S/C7H6N2OS2/c10-6-3-12-7-5(9-6)1-4(11)2-8-7/h1-2,11H,3H2,(H,9,10). The zero-order valence-electron chi connectivity index (χ0n) is 6.07. The number of fused-ring (bicyclic) bond motifs is 1. The number of nitrogens with zero attached hydrogens (tertiary/aromatic N) is 1. The van der Waals surface area contributed by atoms with Crippen molar-refractivity contribution in [3.05, 3.63) is 12.3 Å². The number of hydrogen-bond donors (Lipinski definition) is 2. The van der Waals surface area contributed by atoms with Crippen LogP contribution in [0.15, 0.2) is 22.2 Å². The van der Waals surface area contributed by atoms with E-state index < -0.39 is 0 Å². The first kappa shape index (κ1) is 7.94. The molecule has 0 saturated heterocycles. The van der Waals surface area contributed by atoms with Gasteiger partial charge in [-0.05, 0) is 6.07 Å². The summed E-state index contributed by atoms with van der Waals surface area (Å²) in [5.41, 5.74) is 0.767. The van der Waals surface area contributed by atoms with Crippen molar-refractivity contribution in [1.29, 1.82) is 0 Å². The van der Waals surface area contributed by atoms with Crippen molar-refractivity contribution in [2.45, 2.75) is 9.92 Å². The zero-order chi connectivity index (χ0) is 8.55. The van der Waals surface area contributed by atoms with Gasteiger partial charge in [0, 0.05) is 11.1 Å². The third-order valence-electron chi connectivity index (χ3n) is 1.45. The summed E-state index contributed by atoms with van der Waals surface area (Å²) in [4.78, 5) is 15.8. The number of thiol groups is 1. The van der Waals surface area contributed by atoms with E-state index in [1.807, 2.05) is 0 Å². The molecule has 1 N–H and O–H groups in total. The molecule has 0 fully saturated rings. The van der Waals surface area contributed by atoms with Crippen molar-refractivity contribution in [3.63, 3.8) is 0 Å². The molecule has 1 amide bonds. The van der Waals surface area contributed by atoms with Crippen LogP contribution < -0.4 is 5.32 Å². The maximum atomic E-state index is 11.0. The number of aromatic nitrogens is 1. The van der Waals surface area contributed by atoms with Crippen LogP contribution in [-0.4, -0.2) is 16.6 Å². The summed E-state index contributed by atoms with van der Waals surface area (Å²) in [6.45, 7) is 0. The van der Waals surface area contributed by atoms with E-state index in [1.54, 1.807) is 12.3 Å². The molecule has 0 saturated carbocycles. The van der Waals surface area contributed by atoms with Crippen LogP contribution in [0.1, 0.15) is 0 Å². The Kier molecular flexibility index (Phi) is 1.98. The van der Waals surface area contributed by atoms with Gasteiger partial charge in [0.15, 0.2) is 0 Å². The summed E-state index contributed by atoms with van der Waals surface area (Å²) in [5, 5.41) is 3.60. The zero-order valence-corrected chi connectivity index (χ0v) is 7.78. The third kappa shape index (κ3) is 1.42. The van der Waals surface area contributed by atoms with Gasteiger partial charge in [-0.2, -0.15) is 0 Å². The Labute approximate surface area is 79.4 Å². The highest BCUT2D eigenvalue weighted by Gasteiger charge is 2.15. The number of carbonyl (C=O) groups excluding carboxylic acids is 1. The molecule has 1 aromatic heterocycles. The molecule has 62 valence electrons. The number of hydrogen-bond acceptors (Lipinski definition) is 4. The number of rotatable bonds is 0. The number of carbonyl (C=O) groups is 1. The number of amides is 1. The molecule has 0 atom stereocenters. The second-order valence-corrected chi connectivity index (χ2v) is 3.86. The Morgan fingerprint density at radius 1 is 1.67 bits per heavy atom. The van der Waals surface area contributed by atoms with Gasteiger partial charge in [0.1, 0.15) is 5.03 Å². The van der Waals surface area contributed by atoms with E-state index in [2.05, 4.69) is 22.9 Å². The van der Waals surface area contributed by atoms with Gasteiger partial charge in [0.25, 0.3) is 0 Å². The minimum absolute atomic E-state index is 0.0215. The van der Waals surface area contributed by atoms with E-state index in [9.17, 15) is 4.79 Å². The molecule has 0 spiro atoms. The molecule has 1 aliphatic rings. The third-order valence-corrected chi connectivity index (χ3v) is 2.70. The van der Waals surface area contributed by atoms with Crippen LogP contribution in [0.2, 0.25) is 0 Å². The summed E-state index contributed by atoms with van der Waals surface area (Å²) in [6.07, 6.45) is 1.67. The second-order valence-electron chi connectivity index (χ2n) is 2.38. The maximum Gasteiger partial charge on any atom is 0.234 e. The summed E-state index contributed by atoms with van der Waals surface area (Å²) < 4.78 is 0. The molecule has 1 aliphatic heterocycles. The van der Waals surface area contributed by atoms with E-state index in [-0.39, 0.29) is 5.91 Å². The first-order chi connectivity index (χ1) is 5.75. The minimum Gasteiger partial charge on any atom is -0.323 e. The molecule has 0 unspecified atom stereocenters. The fourth-order valence-electron chi connectivity index (χ4n) is 0.966. The van der Waals surface area contributed by atoms with Gasteiger partial charge < -0.3 is 5.32 Å². The summed E-state index contributed by atoms with van der Waals surface area (Å²) >= 11 is 5.57. The first-order valence-corrected chi connectivity index (χ1v) is 4.80. The van der Waals surface area contributed by atoms with Crippen LogP contribution in [0.25, 0.3) is 0 Å². The topological polar surface area (TPSA) is 42.0 Å². The Morgan fingerprint density at radius 3 is 3.33 bits per heavy atom. The van der Waals surface area contributed by atoms with Crippen molar-refractivity contribution in [2.75, 3.05) is 11.1 Å². The van der Waals surface area contributed by atoms with Gasteiger partial charge in [-0.25, -0.2) is 4.98 Å². The average Bonchev–Trinajstić information content (AvgIpc) is 2.03. The predicted octanol–water partition coefficient (Wildman–Crippen LogP) is 1.41. The number of thioether (sulfide) groups is 1. The van der Waals surface area contributed by atoms with E-state index in [1.165, 1.54) is 11.8 Å². The highest BCUT2D eigenvalue weighted by Crippen LogP contribution is 2.30. The lowest BCUT2D eigenvalue weighted by Crippen LogP contribution is -2.19. The van der Waals surface area contributed by atoms with Gasteiger partial charge in [0.05, 0.1) is 11.4 Å². The summed E-state index contributed by atoms with van der Waals surface area (Å²) in [6, 6.07) is 1.80. The molecule has 12 heavy (non-hydrogen) atoms. The van der Waals surface area contributed by atoms with E-state index >= 15 is 0 Å². The van der Waals surface area contributed by atoms with Gasteiger partial charge in [0.2, 0.25) is 5.91 Å². The van der Waals surface area contributed by atoms with Crippen LogP contribution in [0.4, 0.5) is 5.69 Å². The SMILES string of the molecule is O=C1CSc2ncc(S)cc2N1. The molecule has 0 aromatic carbocycles. The normalized spacial score (nSPS) is 15.2. The van der Waals surface area contributed by atoms with Gasteiger partial charge in [-0.3, -0.25) is 4.79 Å². The van der Waals surface area contributed by atoms with Crippen LogP contribution in [-0.2, 0) is 4.79 Å². The van der Waals surface area contributed by atoms with Crippen molar-refractivity contribution >= 4 is 36.0 Å². The number of anilines is 1. The quantitative estimate of drug-likeness (QED) is 0.619. The van der Waals surface area contributed by atoms with Gasteiger partial charge >= 0.3 is 0 Å². The number of pyridine rings is 1. The molecule has 1 aromatic rings. The number of nitrogens with one attached hydrogen (secondary N) is 1. The lowest BCUT2D eigenvalue weighted by atomic mass is 10.4. The highest BCUT2D eigenvalue weighted by atomic mass is 32.2. The van der Waals surface area contributed by atoms with Crippen LogP contribution in [0.3, 0.4) is 0 Å². The smallest absolute Gasteiger partial charge is 0.234 e. The lowest BCUT2D eigenvalue weighted by Gasteiger charge is -2.14. The predicted molar refractivity (Wildman–Crippen MR) is 50.8 cm³/mol. The fourth-order valence-corrected chi connectivity index (χ4v) is 1.89. The monoisotopic (exact) mass is 198 g/mol. The molecule has 2 heterocycles. The molecule has 0 aliphatic carbocycles. The molecule has 0 radical (unpaired) electrons. The average molecular weight is 198 g/mol. The molecule has 0 bridgehead atoms. The maximum absolute atomic E-state index is 11.0. The minimum atomic E-state index is 0.0215. The second kappa shape index (κ2) is 2.99. The Bertz CT molecular complexity index is 340. The lowest BCUT2D eigenvalue weighted by molar-refractivity contribution is -0.113. The van der Waals surface area contributed by atoms with E-state index in [0.29, 0.717) is 5.75 Å². The Morgan fingerprint density at radius 2 is 2.50 bits per heavy atom. The molecule has 2 rings (SSSR count). The largest absolute Gasteiger partial charge is 0.323 e. The first-order valence-electron chi connectivity index (χ1n) is 3.37. The van der Waals surface area contributed by atoms with Crippen LogP contribution in [0, 0.1) is 0 Å². The molecular formula is C7H6N2OS2. The van der Waals surface area contributed by atoms with Crippen molar-refractivity contribution in [3.8, 4) is 0 Å². The fraction of sp³-hybridized carbons (Fsp3) is 0.143. The van der Waals surface area contributed by atoms with Gasteiger partial charge in [-0.15, -0.1) is 12.6 Å². The summed E-state index contributed by atoms with van der Waals surface area (Å²) in [7, 11) is 0. The van der Waals surface area contributed by atoms with Crippen molar-refractivity contribution < 1.29 is 4.79 Å². The van der Waals surface area contributed by atoms with Gasteiger partial charge in [-0.1, -0.05) is 11.8 Å². The Hall–Kier alpha value is -0.680. The van der Waals surface area contributed by atoms with E-state index in [0.717, 1.165) is 15.6 Å². The van der Waals surface area contributed by atoms with Crippen molar-refractivity contribution in [2.24, 2.45) is 0 Å².